The number of anilines is 1. The second-order valence-electron chi connectivity index (χ2n) is 6.29. The van der Waals surface area contributed by atoms with Crippen molar-refractivity contribution in [2.45, 2.75) is 20.3 Å². The molecule has 0 aromatic carbocycles. The molecule has 0 fully saturated rings. The van der Waals surface area contributed by atoms with Gasteiger partial charge in [-0.05, 0) is 31.5 Å². The molecule has 146 valence electrons. The average molecular weight is 392 g/mol. The number of hydrogen-bond donors (Lipinski definition) is 1. The van der Waals surface area contributed by atoms with Crippen LogP contribution in [0, 0.1) is 12.7 Å². The van der Waals surface area contributed by atoms with Crippen molar-refractivity contribution in [1.29, 1.82) is 0 Å². The number of amides is 1. The van der Waals surface area contributed by atoms with E-state index in [1.807, 2.05) is 19.1 Å². The van der Waals surface area contributed by atoms with Crippen LogP contribution in [0.15, 0.2) is 48.9 Å². The van der Waals surface area contributed by atoms with Gasteiger partial charge in [-0.3, -0.25) is 14.2 Å². The molecule has 4 aromatic rings. The molecule has 29 heavy (non-hydrogen) atoms. The molecule has 4 heterocycles. The summed E-state index contributed by atoms with van der Waals surface area (Å²) in [4.78, 5) is 21.1. The van der Waals surface area contributed by atoms with E-state index in [4.69, 9.17) is 4.74 Å². The van der Waals surface area contributed by atoms with Gasteiger partial charge < -0.3 is 10.1 Å². The van der Waals surface area contributed by atoms with Crippen LogP contribution in [0.1, 0.15) is 28.8 Å². The number of hydrogen-bond acceptors (Lipinski definition) is 6. The number of carbonyl (C=O) groups excluding carboxylic acids is 1. The first kappa shape index (κ1) is 18.5. The van der Waals surface area contributed by atoms with Crippen molar-refractivity contribution in [3.63, 3.8) is 0 Å². The maximum Gasteiger partial charge on any atom is 0.260 e. The third-order valence-electron chi connectivity index (χ3n) is 4.22. The molecule has 4 rings (SSSR count). The topological polar surface area (TPSA) is 94.3 Å². The zero-order valence-corrected chi connectivity index (χ0v) is 15.8. The van der Waals surface area contributed by atoms with Crippen LogP contribution in [-0.4, -0.2) is 30.5 Å². The number of pyridine rings is 3. The van der Waals surface area contributed by atoms with Crippen molar-refractivity contribution in [2.75, 3.05) is 5.32 Å². The van der Waals surface area contributed by atoms with E-state index in [9.17, 15) is 9.18 Å². The van der Waals surface area contributed by atoms with Crippen molar-refractivity contribution < 1.29 is 13.9 Å². The molecule has 0 atom stereocenters. The molecule has 0 spiro atoms. The Balaban J connectivity index is 1.71. The minimum absolute atomic E-state index is 0.207. The summed E-state index contributed by atoms with van der Waals surface area (Å²) >= 11 is 0. The molecule has 0 unspecified atom stereocenters. The van der Waals surface area contributed by atoms with Crippen molar-refractivity contribution in [3.05, 3.63) is 71.8 Å². The molecule has 8 nitrogen and oxygen atoms in total. The van der Waals surface area contributed by atoms with Gasteiger partial charge in [-0.1, -0.05) is 13.0 Å². The van der Waals surface area contributed by atoms with E-state index in [1.54, 1.807) is 23.6 Å². The van der Waals surface area contributed by atoms with Crippen LogP contribution in [0.2, 0.25) is 0 Å². The van der Waals surface area contributed by atoms with Crippen LogP contribution in [0.3, 0.4) is 0 Å². The number of fused-ring (bicyclic) bond motifs is 1. The number of halogens is 1. The van der Waals surface area contributed by atoms with E-state index >= 15 is 0 Å². The van der Waals surface area contributed by atoms with Gasteiger partial charge in [-0.15, -0.1) is 10.2 Å². The predicted molar refractivity (Wildman–Crippen MR) is 104 cm³/mol. The minimum atomic E-state index is -0.524. The highest BCUT2D eigenvalue weighted by Gasteiger charge is 2.17. The molecule has 9 heteroatoms. The summed E-state index contributed by atoms with van der Waals surface area (Å²) in [5.74, 6) is 0.592. The Kier molecular flexibility index (Phi) is 4.86. The summed E-state index contributed by atoms with van der Waals surface area (Å²) in [6.07, 6.45) is 4.84. The number of nitrogens with zero attached hydrogens (tertiary/aromatic N) is 5. The van der Waals surface area contributed by atoms with E-state index in [0.29, 0.717) is 23.0 Å². The lowest BCUT2D eigenvalue weighted by Crippen LogP contribution is -2.15. The van der Waals surface area contributed by atoms with E-state index in [1.165, 1.54) is 18.3 Å². The summed E-state index contributed by atoms with van der Waals surface area (Å²) in [6, 6.07) is 8.15. The van der Waals surface area contributed by atoms with Gasteiger partial charge in [-0.2, -0.15) is 0 Å². The van der Waals surface area contributed by atoms with Gasteiger partial charge in [-0.25, -0.2) is 9.37 Å². The lowest BCUT2D eigenvalue weighted by atomic mass is 10.2. The third-order valence-corrected chi connectivity index (χ3v) is 4.22. The Morgan fingerprint density at radius 3 is 2.86 bits per heavy atom. The van der Waals surface area contributed by atoms with E-state index in [0.717, 1.165) is 18.3 Å². The molecule has 0 aliphatic carbocycles. The van der Waals surface area contributed by atoms with Gasteiger partial charge in [0.25, 0.3) is 5.91 Å². The predicted octanol–water partition coefficient (Wildman–Crippen LogP) is 3.57. The minimum Gasteiger partial charge on any atom is -0.454 e. The van der Waals surface area contributed by atoms with Crippen molar-refractivity contribution in [1.82, 2.24) is 24.6 Å². The molecule has 0 aliphatic heterocycles. The smallest absolute Gasteiger partial charge is 0.260 e. The molecule has 0 saturated heterocycles. The second-order valence-corrected chi connectivity index (χ2v) is 6.29. The van der Waals surface area contributed by atoms with Crippen LogP contribution >= 0.6 is 0 Å². The molecular formula is C20H17FN6O2. The van der Waals surface area contributed by atoms with Crippen LogP contribution in [0.25, 0.3) is 5.65 Å². The fourth-order valence-electron chi connectivity index (χ4n) is 2.82. The summed E-state index contributed by atoms with van der Waals surface area (Å²) in [5.41, 5.74) is 1.48. The van der Waals surface area contributed by atoms with Crippen LogP contribution in [-0.2, 0) is 6.42 Å². The first-order valence-corrected chi connectivity index (χ1v) is 8.94. The highest BCUT2D eigenvalue weighted by atomic mass is 19.1. The number of nitrogens with one attached hydrogen (secondary N) is 1. The van der Waals surface area contributed by atoms with Gasteiger partial charge in [0.15, 0.2) is 5.65 Å². The molecule has 1 N–H and O–H groups in total. The fourth-order valence-corrected chi connectivity index (χ4v) is 2.82. The molecule has 0 radical (unpaired) electrons. The highest BCUT2D eigenvalue weighted by molar-refractivity contribution is 6.08. The number of aromatic nitrogens is 5. The molecule has 1 amide bonds. The molecular weight excluding hydrogens is 375 g/mol. The van der Waals surface area contributed by atoms with E-state index < -0.39 is 11.7 Å². The Labute approximate surface area is 165 Å². The van der Waals surface area contributed by atoms with Gasteiger partial charge >= 0.3 is 0 Å². The largest absolute Gasteiger partial charge is 0.454 e. The summed E-state index contributed by atoms with van der Waals surface area (Å²) in [6.45, 7) is 3.74. The lowest BCUT2D eigenvalue weighted by Gasteiger charge is -2.10. The first-order valence-electron chi connectivity index (χ1n) is 8.94. The Morgan fingerprint density at radius 1 is 1.21 bits per heavy atom. The van der Waals surface area contributed by atoms with Crippen molar-refractivity contribution >= 4 is 17.4 Å². The normalized spacial score (nSPS) is 10.9. The summed E-state index contributed by atoms with van der Waals surface area (Å²) in [5, 5.41) is 10.9. The Morgan fingerprint density at radius 2 is 2.07 bits per heavy atom. The lowest BCUT2D eigenvalue weighted by molar-refractivity contribution is 0.102. The molecule has 0 saturated carbocycles. The Bertz CT molecular complexity index is 1210. The standard InChI is InChI=1S/C20H17FN6O2/c1-3-14-5-4-6-18(23-14)24-20(28)17-8-16(11-27-12(2)25-26-19(17)27)29-15-7-13(21)9-22-10-15/h4-11H,3H2,1-2H3,(H,23,24,28). The van der Waals surface area contributed by atoms with Gasteiger partial charge in [0, 0.05) is 11.8 Å². The van der Waals surface area contributed by atoms with Crippen LogP contribution in [0.4, 0.5) is 10.2 Å². The third kappa shape index (κ3) is 3.88. The quantitative estimate of drug-likeness (QED) is 0.558. The molecule has 0 bridgehead atoms. The van der Waals surface area contributed by atoms with Gasteiger partial charge in [0.1, 0.15) is 29.0 Å². The zero-order valence-electron chi connectivity index (χ0n) is 15.8. The maximum absolute atomic E-state index is 13.4. The summed E-state index contributed by atoms with van der Waals surface area (Å²) in [7, 11) is 0. The fraction of sp³-hybridized carbons (Fsp3) is 0.150. The number of rotatable bonds is 5. The maximum atomic E-state index is 13.4. The van der Waals surface area contributed by atoms with Gasteiger partial charge in [0.05, 0.1) is 24.2 Å². The molecule has 4 aromatic heterocycles. The first-order chi connectivity index (χ1) is 14.0. The average Bonchev–Trinajstić information content (AvgIpc) is 3.08. The number of carbonyl (C=O) groups is 1. The SMILES string of the molecule is CCc1cccc(NC(=O)c2cc(Oc3cncc(F)c3)cn3c(C)nnc23)n1. The monoisotopic (exact) mass is 392 g/mol. The van der Waals surface area contributed by atoms with E-state index in [-0.39, 0.29) is 11.3 Å². The number of ether oxygens (including phenoxy) is 1. The van der Waals surface area contributed by atoms with Crippen LogP contribution < -0.4 is 10.1 Å². The molecule has 0 aliphatic rings. The number of aryl methyl sites for hydroxylation is 2. The summed E-state index contributed by atoms with van der Waals surface area (Å²) < 4.78 is 20.7. The van der Waals surface area contributed by atoms with Crippen molar-refractivity contribution in [2.24, 2.45) is 0 Å². The van der Waals surface area contributed by atoms with Crippen molar-refractivity contribution in [3.8, 4) is 11.5 Å². The van der Waals surface area contributed by atoms with Gasteiger partial charge in [0.2, 0.25) is 0 Å². The van der Waals surface area contributed by atoms with Crippen LogP contribution in [0.5, 0.6) is 11.5 Å². The van der Waals surface area contributed by atoms with E-state index in [2.05, 4.69) is 25.5 Å². The zero-order chi connectivity index (χ0) is 20.4. The second kappa shape index (κ2) is 7.63. The Hall–Kier alpha value is -3.88. The highest BCUT2D eigenvalue weighted by Crippen LogP contribution is 2.25.